The Balaban J connectivity index is 2.47. The fraction of sp³-hybridized carbons (Fsp3) is 0.727. The summed E-state index contributed by atoms with van der Waals surface area (Å²) < 4.78 is 0. The molecule has 0 aromatic carbocycles. The van der Waals surface area contributed by atoms with Crippen molar-refractivity contribution in [1.29, 1.82) is 0 Å². The summed E-state index contributed by atoms with van der Waals surface area (Å²) in [5.74, 6) is 0.530. The number of aldehydes is 1. The van der Waals surface area contributed by atoms with Crippen molar-refractivity contribution in [2.45, 2.75) is 33.6 Å². The van der Waals surface area contributed by atoms with Crippen molar-refractivity contribution in [3.05, 3.63) is 11.6 Å². The van der Waals surface area contributed by atoms with Gasteiger partial charge >= 0.3 is 0 Å². The molecule has 0 heterocycles. The topological polar surface area (TPSA) is 17.1 Å². The molecule has 3 rings (SSSR count). The normalized spacial score (nSPS) is 42.9. The average Bonchev–Trinajstić information content (AvgIpc) is 2.04. The van der Waals surface area contributed by atoms with Gasteiger partial charge in [-0.1, -0.05) is 32.4 Å². The molecule has 3 aliphatic carbocycles. The van der Waals surface area contributed by atoms with Gasteiger partial charge in [0.05, 0.1) is 0 Å². The molecule has 3 aliphatic rings. The van der Waals surface area contributed by atoms with Gasteiger partial charge in [0.25, 0.3) is 0 Å². The highest BCUT2D eigenvalue weighted by molar-refractivity contribution is 5.69. The first-order valence-electron chi connectivity index (χ1n) is 4.70. The Hall–Kier alpha value is -0.590. The number of carbonyl (C=O) groups excluding carboxylic acids is 1. The highest BCUT2D eigenvalue weighted by Crippen LogP contribution is 2.66. The number of fused-ring (bicyclic) bond motifs is 2. The highest BCUT2D eigenvalue weighted by Gasteiger charge is 2.60. The lowest BCUT2D eigenvalue weighted by Gasteiger charge is -2.61. The van der Waals surface area contributed by atoms with E-state index in [-0.39, 0.29) is 10.8 Å². The molecule has 2 atom stereocenters. The van der Waals surface area contributed by atoms with Gasteiger partial charge in [-0.25, -0.2) is 0 Å². The van der Waals surface area contributed by atoms with E-state index < -0.39 is 0 Å². The molecule has 1 nitrogen and oxygen atoms in total. The molecular weight excluding hydrogens is 148 g/mol. The van der Waals surface area contributed by atoms with Crippen molar-refractivity contribution in [2.24, 2.45) is 16.7 Å². The number of hydrogen-bond acceptors (Lipinski definition) is 1. The summed E-state index contributed by atoms with van der Waals surface area (Å²) in [5.41, 5.74) is 1.61. The average molecular weight is 164 g/mol. The second-order valence-electron chi connectivity index (χ2n) is 4.83. The lowest BCUT2D eigenvalue weighted by molar-refractivity contribution is -0.134. The standard InChI is InChI=1S/C11H16O/c1-8-4-5-9-6-11(8,7-12)10(9,2)3/h5,7-8H,4,6H2,1-3H3. The second kappa shape index (κ2) is 2.01. The van der Waals surface area contributed by atoms with Gasteiger partial charge in [-0.05, 0) is 24.2 Å². The van der Waals surface area contributed by atoms with Gasteiger partial charge in [-0.2, -0.15) is 0 Å². The van der Waals surface area contributed by atoms with Gasteiger partial charge in [0.2, 0.25) is 0 Å². The molecule has 0 aromatic heterocycles. The number of allylic oxidation sites excluding steroid dienone is 2. The summed E-state index contributed by atoms with van der Waals surface area (Å²) in [4.78, 5) is 11.1. The quantitative estimate of drug-likeness (QED) is 0.430. The van der Waals surface area contributed by atoms with Gasteiger partial charge < -0.3 is 4.79 Å². The molecule has 0 amide bonds. The van der Waals surface area contributed by atoms with Gasteiger partial charge in [0.15, 0.2) is 0 Å². The van der Waals surface area contributed by atoms with Gasteiger partial charge in [0.1, 0.15) is 6.29 Å². The Morgan fingerprint density at radius 1 is 1.58 bits per heavy atom. The van der Waals surface area contributed by atoms with E-state index in [1.807, 2.05) is 0 Å². The molecule has 1 saturated carbocycles. The number of carbonyl (C=O) groups is 1. The molecule has 66 valence electrons. The molecule has 12 heavy (non-hydrogen) atoms. The van der Waals surface area contributed by atoms with E-state index in [0.29, 0.717) is 5.92 Å². The Kier molecular flexibility index (Phi) is 1.35. The molecule has 1 heteroatoms. The van der Waals surface area contributed by atoms with Crippen LogP contribution in [0.2, 0.25) is 0 Å². The molecule has 0 N–H and O–H groups in total. The highest BCUT2D eigenvalue weighted by atomic mass is 16.1. The third-order valence-corrected chi connectivity index (χ3v) is 4.26. The van der Waals surface area contributed by atoms with E-state index in [2.05, 4.69) is 26.8 Å². The Bertz CT molecular complexity index is 262. The van der Waals surface area contributed by atoms with Crippen molar-refractivity contribution >= 4 is 6.29 Å². The summed E-state index contributed by atoms with van der Waals surface area (Å²) >= 11 is 0. The van der Waals surface area contributed by atoms with E-state index in [4.69, 9.17) is 0 Å². The zero-order valence-corrected chi connectivity index (χ0v) is 8.05. The first kappa shape index (κ1) is 8.03. The maximum absolute atomic E-state index is 11.1. The molecule has 0 aromatic rings. The Morgan fingerprint density at radius 3 is 2.58 bits per heavy atom. The predicted molar refractivity (Wildman–Crippen MR) is 48.8 cm³/mol. The van der Waals surface area contributed by atoms with Crippen molar-refractivity contribution in [1.82, 2.24) is 0 Å². The van der Waals surface area contributed by atoms with E-state index in [9.17, 15) is 4.79 Å². The lowest BCUT2D eigenvalue weighted by atomic mass is 9.41. The van der Waals surface area contributed by atoms with Crippen LogP contribution in [0.1, 0.15) is 33.6 Å². The van der Waals surface area contributed by atoms with Gasteiger partial charge in [-0.3, -0.25) is 0 Å². The van der Waals surface area contributed by atoms with Crippen LogP contribution in [0.3, 0.4) is 0 Å². The van der Waals surface area contributed by atoms with Crippen molar-refractivity contribution < 1.29 is 4.79 Å². The minimum Gasteiger partial charge on any atom is -0.303 e. The minimum absolute atomic E-state index is 0.0307. The van der Waals surface area contributed by atoms with Crippen LogP contribution < -0.4 is 0 Å². The maximum atomic E-state index is 11.1. The van der Waals surface area contributed by atoms with E-state index >= 15 is 0 Å². The molecule has 0 aliphatic heterocycles. The van der Waals surface area contributed by atoms with Crippen LogP contribution in [0.15, 0.2) is 11.6 Å². The van der Waals surface area contributed by atoms with Crippen LogP contribution in [0, 0.1) is 16.7 Å². The summed E-state index contributed by atoms with van der Waals surface area (Å²) in [6.45, 7) is 6.60. The minimum atomic E-state index is -0.0307. The third-order valence-electron chi connectivity index (χ3n) is 4.26. The first-order chi connectivity index (χ1) is 5.54. The Morgan fingerprint density at radius 2 is 2.25 bits per heavy atom. The molecule has 1 fully saturated rings. The first-order valence-corrected chi connectivity index (χ1v) is 4.70. The molecule has 0 radical (unpaired) electrons. The SMILES string of the molecule is CC1CC=C2CC1(C=O)C2(C)C. The summed E-state index contributed by atoms with van der Waals surface area (Å²) in [6.07, 6.45) is 5.65. The van der Waals surface area contributed by atoms with E-state index in [1.165, 1.54) is 11.9 Å². The molecular formula is C11H16O. The van der Waals surface area contributed by atoms with Crippen LogP contribution in [-0.4, -0.2) is 6.29 Å². The fourth-order valence-corrected chi connectivity index (χ4v) is 2.90. The monoisotopic (exact) mass is 164 g/mol. The molecule has 2 bridgehead atoms. The van der Waals surface area contributed by atoms with E-state index in [0.717, 1.165) is 12.8 Å². The smallest absolute Gasteiger partial charge is 0.127 e. The van der Waals surface area contributed by atoms with Crippen molar-refractivity contribution in [3.8, 4) is 0 Å². The lowest BCUT2D eigenvalue weighted by Crippen LogP contribution is -2.56. The molecule has 0 spiro atoms. The summed E-state index contributed by atoms with van der Waals surface area (Å²) in [7, 11) is 0. The van der Waals surface area contributed by atoms with Crippen LogP contribution in [0.4, 0.5) is 0 Å². The second-order valence-corrected chi connectivity index (χ2v) is 4.83. The van der Waals surface area contributed by atoms with Crippen LogP contribution in [0.5, 0.6) is 0 Å². The Labute approximate surface area is 73.8 Å². The zero-order chi connectivity index (χ0) is 8.98. The maximum Gasteiger partial charge on any atom is 0.127 e. The molecule has 0 saturated heterocycles. The van der Waals surface area contributed by atoms with Gasteiger partial charge in [0, 0.05) is 5.41 Å². The van der Waals surface area contributed by atoms with Crippen LogP contribution in [-0.2, 0) is 4.79 Å². The van der Waals surface area contributed by atoms with Crippen LogP contribution >= 0.6 is 0 Å². The van der Waals surface area contributed by atoms with Gasteiger partial charge in [-0.15, -0.1) is 0 Å². The predicted octanol–water partition coefficient (Wildman–Crippen LogP) is 2.57. The van der Waals surface area contributed by atoms with Crippen LogP contribution in [0.25, 0.3) is 0 Å². The molecule has 2 unspecified atom stereocenters. The largest absolute Gasteiger partial charge is 0.303 e. The van der Waals surface area contributed by atoms with Crippen molar-refractivity contribution in [3.63, 3.8) is 0 Å². The fourth-order valence-electron chi connectivity index (χ4n) is 2.90. The number of rotatable bonds is 1. The summed E-state index contributed by atoms with van der Waals surface area (Å²) in [6, 6.07) is 0. The van der Waals surface area contributed by atoms with Crippen molar-refractivity contribution in [2.75, 3.05) is 0 Å². The number of hydrogen-bond donors (Lipinski definition) is 0. The summed E-state index contributed by atoms with van der Waals surface area (Å²) in [5, 5.41) is 0. The zero-order valence-electron chi connectivity index (χ0n) is 8.05. The van der Waals surface area contributed by atoms with E-state index in [1.54, 1.807) is 0 Å². The third kappa shape index (κ3) is 0.596.